The summed E-state index contributed by atoms with van der Waals surface area (Å²) < 4.78 is 28.9. The SMILES string of the molecule is CCN(CC)S(=O)(=O)c1ccc(CCNC(=NC)NCCCn2cccn2)s1. The van der Waals surface area contributed by atoms with E-state index >= 15 is 0 Å². The second kappa shape index (κ2) is 11.2. The number of thiophene rings is 1. The van der Waals surface area contributed by atoms with Crippen molar-refractivity contribution in [2.75, 3.05) is 33.2 Å². The summed E-state index contributed by atoms with van der Waals surface area (Å²) in [5.74, 6) is 0.744. The summed E-state index contributed by atoms with van der Waals surface area (Å²) in [6.45, 7) is 7.01. The van der Waals surface area contributed by atoms with Crippen molar-refractivity contribution < 1.29 is 8.42 Å². The summed E-state index contributed by atoms with van der Waals surface area (Å²) in [5, 5.41) is 10.7. The summed E-state index contributed by atoms with van der Waals surface area (Å²) >= 11 is 1.34. The van der Waals surface area contributed by atoms with Gasteiger partial charge in [0.1, 0.15) is 4.21 Å². The Morgan fingerprint density at radius 2 is 2.00 bits per heavy atom. The van der Waals surface area contributed by atoms with Crippen molar-refractivity contribution in [3.63, 3.8) is 0 Å². The van der Waals surface area contributed by atoms with Gasteiger partial charge in [0.2, 0.25) is 0 Å². The Morgan fingerprint density at radius 1 is 1.25 bits per heavy atom. The fraction of sp³-hybridized carbons (Fsp3) is 0.556. The van der Waals surface area contributed by atoms with Gasteiger partial charge in [0, 0.05) is 57.0 Å². The summed E-state index contributed by atoms with van der Waals surface area (Å²) in [7, 11) is -1.63. The molecule has 2 rings (SSSR count). The molecule has 0 aliphatic rings. The average molecular weight is 427 g/mol. The highest BCUT2D eigenvalue weighted by atomic mass is 32.2. The van der Waals surface area contributed by atoms with E-state index in [1.807, 2.05) is 36.9 Å². The van der Waals surface area contributed by atoms with E-state index in [2.05, 4.69) is 20.7 Å². The third-order valence-corrected chi connectivity index (χ3v) is 7.90. The van der Waals surface area contributed by atoms with Gasteiger partial charge < -0.3 is 10.6 Å². The molecule has 0 aliphatic carbocycles. The third-order valence-electron chi connectivity index (χ3n) is 4.24. The number of sulfonamides is 1. The normalized spacial score (nSPS) is 12.5. The number of aromatic nitrogens is 2. The van der Waals surface area contributed by atoms with E-state index < -0.39 is 10.0 Å². The Balaban J connectivity index is 1.75. The van der Waals surface area contributed by atoms with Crippen molar-refractivity contribution in [3.05, 3.63) is 35.5 Å². The minimum Gasteiger partial charge on any atom is -0.356 e. The van der Waals surface area contributed by atoms with Crippen molar-refractivity contribution in [2.24, 2.45) is 4.99 Å². The number of nitrogens with zero attached hydrogens (tertiary/aromatic N) is 4. The zero-order valence-corrected chi connectivity index (χ0v) is 18.4. The topological polar surface area (TPSA) is 91.6 Å². The van der Waals surface area contributed by atoms with Crippen LogP contribution >= 0.6 is 11.3 Å². The minimum absolute atomic E-state index is 0.410. The molecule has 0 aromatic carbocycles. The van der Waals surface area contributed by atoms with Gasteiger partial charge in [-0.25, -0.2) is 8.42 Å². The quantitative estimate of drug-likeness (QED) is 0.325. The van der Waals surface area contributed by atoms with E-state index in [0.29, 0.717) is 23.8 Å². The molecule has 0 bridgehead atoms. The summed E-state index contributed by atoms with van der Waals surface area (Å²) in [6, 6.07) is 5.51. The maximum atomic E-state index is 12.6. The highest BCUT2D eigenvalue weighted by molar-refractivity contribution is 7.91. The Morgan fingerprint density at radius 3 is 2.64 bits per heavy atom. The Labute approximate surface area is 171 Å². The van der Waals surface area contributed by atoms with E-state index in [4.69, 9.17) is 0 Å². The molecule has 0 unspecified atom stereocenters. The highest BCUT2D eigenvalue weighted by Gasteiger charge is 2.23. The van der Waals surface area contributed by atoms with Gasteiger partial charge in [-0.2, -0.15) is 9.40 Å². The lowest BCUT2D eigenvalue weighted by atomic mass is 10.3. The van der Waals surface area contributed by atoms with Gasteiger partial charge in [0.05, 0.1) is 0 Å². The van der Waals surface area contributed by atoms with Crippen LogP contribution in [0, 0.1) is 0 Å². The van der Waals surface area contributed by atoms with E-state index in [1.54, 1.807) is 19.3 Å². The second-order valence-electron chi connectivity index (χ2n) is 6.11. The molecule has 0 atom stereocenters. The van der Waals surface area contributed by atoms with Crippen LogP contribution in [0.3, 0.4) is 0 Å². The molecule has 28 heavy (non-hydrogen) atoms. The molecule has 2 aromatic heterocycles. The van der Waals surface area contributed by atoms with Crippen LogP contribution in [0.1, 0.15) is 25.1 Å². The van der Waals surface area contributed by atoms with Crippen molar-refractivity contribution in [2.45, 2.75) is 37.4 Å². The molecule has 2 N–H and O–H groups in total. The molecule has 0 amide bonds. The fourth-order valence-electron chi connectivity index (χ4n) is 2.73. The number of aliphatic imine (C=N–C) groups is 1. The molecule has 10 heteroatoms. The predicted octanol–water partition coefficient (Wildman–Crippen LogP) is 1.77. The van der Waals surface area contributed by atoms with E-state index in [-0.39, 0.29) is 0 Å². The number of aryl methyl sites for hydroxylation is 1. The van der Waals surface area contributed by atoms with Crippen LogP contribution in [-0.4, -0.2) is 61.7 Å². The van der Waals surface area contributed by atoms with Crippen LogP contribution in [0.15, 0.2) is 39.8 Å². The molecule has 0 radical (unpaired) electrons. The fourth-order valence-corrected chi connectivity index (χ4v) is 5.69. The largest absolute Gasteiger partial charge is 0.356 e. The lowest BCUT2D eigenvalue weighted by Gasteiger charge is -2.16. The van der Waals surface area contributed by atoms with Gasteiger partial charge in [0.25, 0.3) is 10.0 Å². The molecule has 156 valence electrons. The number of guanidine groups is 1. The van der Waals surface area contributed by atoms with Crippen LogP contribution < -0.4 is 10.6 Å². The van der Waals surface area contributed by atoms with Crippen molar-refractivity contribution in [1.29, 1.82) is 0 Å². The first-order chi connectivity index (χ1) is 13.5. The number of nitrogens with one attached hydrogen (secondary N) is 2. The number of hydrogen-bond donors (Lipinski definition) is 2. The van der Waals surface area contributed by atoms with E-state index in [0.717, 1.165) is 36.8 Å². The summed E-state index contributed by atoms with van der Waals surface area (Å²) in [6.07, 6.45) is 5.41. The van der Waals surface area contributed by atoms with Gasteiger partial charge >= 0.3 is 0 Å². The smallest absolute Gasteiger partial charge is 0.252 e. The molecular weight excluding hydrogens is 396 g/mol. The number of hydrogen-bond acceptors (Lipinski definition) is 5. The monoisotopic (exact) mass is 426 g/mol. The lowest BCUT2D eigenvalue weighted by Crippen LogP contribution is -2.38. The van der Waals surface area contributed by atoms with Crippen molar-refractivity contribution >= 4 is 27.3 Å². The standard InChI is InChI=1S/C18H30N6O2S2/c1-4-24(5-2)28(25,26)17-9-8-16(27-17)10-13-21-18(19-3)20-11-6-14-23-15-7-12-22-23/h7-9,12,15H,4-6,10-11,13-14H2,1-3H3,(H2,19,20,21). The van der Waals surface area contributed by atoms with E-state index in [1.165, 1.54) is 15.6 Å². The van der Waals surface area contributed by atoms with Crippen molar-refractivity contribution in [1.82, 2.24) is 24.7 Å². The van der Waals surface area contributed by atoms with Gasteiger partial charge in [-0.05, 0) is 31.0 Å². The maximum Gasteiger partial charge on any atom is 0.252 e. The molecule has 0 saturated heterocycles. The Bertz CT molecular complexity index is 826. The van der Waals surface area contributed by atoms with Crippen LogP contribution in [0.25, 0.3) is 0 Å². The zero-order valence-electron chi connectivity index (χ0n) is 16.8. The van der Waals surface area contributed by atoms with Crippen LogP contribution in [0.4, 0.5) is 0 Å². The van der Waals surface area contributed by atoms with Gasteiger partial charge in [-0.3, -0.25) is 9.67 Å². The summed E-state index contributed by atoms with van der Waals surface area (Å²) in [5.41, 5.74) is 0. The Hall–Kier alpha value is -1.91. The second-order valence-corrected chi connectivity index (χ2v) is 9.44. The number of rotatable bonds is 11. The van der Waals surface area contributed by atoms with Crippen LogP contribution in [0.2, 0.25) is 0 Å². The summed E-state index contributed by atoms with van der Waals surface area (Å²) in [4.78, 5) is 5.25. The molecule has 0 aliphatic heterocycles. The highest BCUT2D eigenvalue weighted by Crippen LogP contribution is 2.25. The minimum atomic E-state index is -3.37. The molecule has 0 fully saturated rings. The van der Waals surface area contributed by atoms with Crippen molar-refractivity contribution in [3.8, 4) is 0 Å². The predicted molar refractivity (Wildman–Crippen MR) is 114 cm³/mol. The lowest BCUT2D eigenvalue weighted by molar-refractivity contribution is 0.447. The van der Waals surface area contributed by atoms with Crippen LogP contribution in [0.5, 0.6) is 0 Å². The Kier molecular flexibility index (Phi) is 8.94. The molecule has 8 nitrogen and oxygen atoms in total. The molecule has 0 saturated carbocycles. The first-order valence-corrected chi connectivity index (χ1v) is 11.8. The third kappa shape index (κ3) is 6.32. The first-order valence-electron chi connectivity index (χ1n) is 9.52. The average Bonchev–Trinajstić information content (AvgIpc) is 3.36. The first kappa shape index (κ1) is 22.4. The van der Waals surface area contributed by atoms with E-state index in [9.17, 15) is 8.42 Å². The van der Waals surface area contributed by atoms with Gasteiger partial charge in [-0.15, -0.1) is 11.3 Å². The van der Waals surface area contributed by atoms with Gasteiger partial charge in [-0.1, -0.05) is 13.8 Å². The van der Waals surface area contributed by atoms with Crippen LogP contribution in [-0.2, 0) is 23.0 Å². The zero-order chi connectivity index (χ0) is 20.4. The molecule has 2 heterocycles. The molecule has 2 aromatic rings. The molecular formula is C18H30N6O2S2. The molecule has 0 spiro atoms. The maximum absolute atomic E-state index is 12.6. The van der Waals surface area contributed by atoms with Gasteiger partial charge in [0.15, 0.2) is 5.96 Å².